The maximum Gasteiger partial charge on any atom is 0.426 e. The van der Waals surface area contributed by atoms with Gasteiger partial charge in [-0.3, -0.25) is 28.8 Å². The van der Waals surface area contributed by atoms with Crippen molar-refractivity contribution in [2.45, 2.75) is 243 Å². The van der Waals surface area contributed by atoms with Gasteiger partial charge in [0.1, 0.15) is 28.8 Å². The molecular weight excluding hydrogens is 1310 g/mol. The van der Waals surface area contributed by atoms with Gasteiger partial charge in [0.2, 0.25) is 6.10 Å². The molecule has 6 bridgehead atoms. The van der Waals surface area contributed by atoms with Gasteiger partial charge in [-0.1, -0.05) is 77.1 Å². The maximum absolute atomic E-state index is 13.3. The largest absolute Gasteiger partial charge is 0.748 e. The first-order valence-electron chi connectivity index (χ1n) is 34.2. The molecule has 8 atom stereocenters. The number of benzene rings is 4. The lowest BCUT2D eigenvalue weighted by atomic mass is 9.48. The first-order valence-corrected chi connectivity index (χ1v) is 37.0. The van der Waals surface area contributed by atoms with E-state index in [1.807, 2.05) is 90.0 Å². The Morgan fingerprint density at radius 1 is 0.653 bits per heavy atom. The molecule has 1 aromatic heterocycles. The first kappa shape index (κ1) is 78.7. The van der Waals surface area contributed by atoms with Gasteiger partial charge in [0.15, 0.2) is 26.5 Å². The van der Waals surface area contributed by atoms with Crippen molar-refractivity contribution in [1.29, 1.82) is 0 Å². The molecule has 12 rings (SSSR count). The monoisotopic (exact) mass is 1410 g/mol. The number of phenolic OH excluding ortho intramolecular Hbond substituents is 1. The minimum absolute atomic E-state index is 0.00100. The van der Waals surface area contributed by atoms with E-state index in [2.05, 4.69) is 83.6 Å². The lowest BCUT2D eigenvalue weighted by Crippen LogP contribution is -2.61. The Bertz CT molecular complexity index is 3720. The van der Waals surface area contributed by atoms with Crippen LogP contribution >= 0.6 is 10.5 Å². The SMILES string of the molecule is CCC(C)(C)C(=O)OC12CC3CC(C1)CC(C(=O)OC(CS(=O)(=O)[O-])C(F)(F)F)(C3)C2.CCC(C)(C)C(=O)OC1C2CC3C(=O)OC1C3O2.CCC(C)(C)C(=O)Oc1cc(C)c(O)c(C)c1.CCC(C)(C)OC(=O)C(C)(C)CC.c1ccc(-[s+]2c3ccccc3c3ccccc32)cc1. The van der Waals surface area contributed by atoms with Gasteiger partial charge in [0.05, 0.1) is 55.0 Å². The fraction of sp³-hybridized carbons (Fsp3) is 0.605. The van der Waals surface area contributed by atoms with Crippen LogP contribution in [0.25, 0.3) is 25.1 Å². The van der Waals surface area contributed by atoms with Crippen molar-refractivity contribution in [3.63, 3.8) is 0 Å². The maximum atomic E-state index is 13.3. The second-order valence-electron chi connectivity index (χ2n) is 30.6. The van der Waals surface area contributed by atoms with Gasteiger partial charge < -0.3 is 42.8 Å². The minimum Gasteiger partial charge on any atom is -0.748 e. The molecule has 98 heavy (non-hydrogen) atoms. The number of phenols is 1. The number of hydrogen-bond donors (Lipinski definition) is 1. The number of aryl methyl sites for hydroxylation is 2. The fourth-order valence-electron chi connectivity index (χ4n) is 13.1. The summed E-state index contributed by atoms with van der Waals surface area (Å²) in [5, 5.41) is 12.4. The Hall–Kier alpha value is -6.62. The van der Waals surface area contributed by atoms with Gasteiger partial charge in [-0.25, -0.2) is 8.42 Å². The molecule has 4 heterocycles. The van der Waals surface area contributed by atoms with Crippen molar-refractivity contribution in [2.75, 3.05) is 5.75 Å². The molecular formula is C76H101F3O17S2. The second kappa shape index (κ2) is 30.3. The number of ether oxygens (including phenoxy) is 7. The van der Waals surface area contributed by atoms with Crippen LogP contribution in [0.1, 0.15) is 192 Å². The number of alkyl halides is 3. The van der Waals surface area contributed by atoms with Crippen LogP contribution in [-0.2, 0) is 67.3 Å². The molecule has 4 aromatic carbocycles. The number of halogens is 3. The van der Waals surface area contributed by atoms with Crippen LogP contribution < -0.4 is 4.74 Å². The van der Waals surface area contributed by atoms with E-state index in [4.69, 9.17) is 28.4 Å². The topological polar surface area (TPSA) is 244 Å². The minimum atomic E-state index is -5.27. The summed E-state index contributed by atoms with van der Waals surface area (Å²) < 4.78 is 113. The quantitative estimate of drug-likeness (QED) is 0.0282. The van der Waals surface area contributed by atoms with E-state index in [0.29, 0.717) is 61.8 Å². The summed E-state index contributed by atoms with van der Waals surface area (Å²) in [5.41, 5.74) is -3.22. The van der Waals surface area contributed by atoms with E-state index in [9.17, 15) is 60.0 Å². The molecule has 4 aliphatic carbocycles. The highest BCUT2D eigenvalue weighted by atomic mass is 32.2. The number of carbonyl (C=O) groups excluding carboxylic acids is 6. The third kappa shape index (κ3) is 18.3. The van der Waals surface area contributed by atoms with Crippen LogP contribution in [0.2, 0.25) is 0 Å². The molecule has 4 saturated carbocycles. The predicted molar refractivity (Wildman–Crippen MR) is 368 cm³/mol. The molecule has 0 spiro atoms. The number of aromatic hydroxyl groups is 1. The van der Waals surface area contributed by atoms with E-state index in [-0.39, 0.29) is 87.5 Å². The van der Waals surface area contributed by atoms with E-state index in [1.165, 1.54) is 25.1 Å². The zero-order chi connectivity index (χ0) is 73.1. The summed E-state index contributed by atoms with van der Waals surface area (Å²) in [5.74, 6) is -3.64. The summed E-state index contributed by atoms with van der Waals surface area (Å²) >= 11 is 0. The molecule has 7 fully saturated rings. The Kier molecular flexibility index (Phi) is 24.3. The molecule has 3 aliphatic heterocycles. The smallest absolute Gasteiger partial charge is 0.426 e. The third-order valence-corrected chi connectivity index (χ3v) is 23.9. The van der Waals surface area contributed by atoms with Crippen molar-refractivity contribution in [1.82, 2.24) is 0 Å². The van der Waals surface area contributed by atoms with Crippen LogP contribution in [0, 0.1) is 58.7 Å². The average molecular weight is 1410 g/mol. The zero-order valence-electron chi connectivity index (χ0n) is 59.9. The van der Waals surface area contributed by atoms with Gasteiger partial charge in [-0.05, 0) is 225 Å². The predicted octanol–water partition coefficient (Wildman–Crippen LogP) is 16.6. The first-order chi connectivity index (χ1) is 45.4. The molecule has 17 nitrogen and oxygen atoms in total. The fourth-order valence-corrected chi connectivity index (χ4v) is 16.1. The van der Waals surface area contributed by atoms with E-state index >= 15 is 0 Å². The number of fused-ring (bicyclic) bond motifs is 4. The number of rotatable bonds is 18. The van der Waals surface area contributed by atoms with Crippen LogP contribution in [0.3, 0.4) is 0 Å². The molecule has 5 aromatic rings. The normalized spacial score (nSPS) is 24.1. The third-order valence-electron chi connectivity index (χ3n) is 20.9. The lowest BCUT2D eigenvalue weighted by Gasteiger charge is -2.60. The molecule has 7 aliphatic rings. The highest BCUT2D eigenvalue weighted by Crippen LogP contribution is 2.64. The molecule has 0 amide bonds. The molecule has 8 unspecified atom stereocenters. The lowest BCUT2D eigenvalue weighted by molar-refractivity contribution is -0.239. The van der Waals surface area contributed by atoms with Crippen molar-refractivity contribution in [3.8, 4) is 16.4 Å². The number of hydrogen-bond acceptors (Lipinski definition) is 17. The summed E-state index contributed by atoms with van der Waals surface area (Å²) in [7, 11) is -5.21. The van der Waals surface area contributed by atoms with Crippen molar-refractivity contribution in [3.05, 3.63) is 102 Å². The summed E-state index contributed by atoms with van der Waals surface area (Å²) in [6.07, 6.45) is -2.62. The summed E-state index contributed by atoms with van der Waals surface area (Å²) in [4.78, 5) is 74.2. The van der Waals surface area contributed by atoms with Crippen molar-refractivity contribution in [2.24, 2.45) is 44.8 Å². The van der Waals surface area contributed by atoms with Gasteiger partial charge in [0.25, 0.3) is 0 Å². The molecule has 0 radical (unpaired) electrons. The Balaban J connectivity index is 0.000000178. The zero-order valence-corrected chi connectivity index (χ0v) is 61.5. The van der Waals surface area contributed by atoms with E-state index in [0.717, 1.165) is 25.7 Å². The molecule has 22 heteroatoms. The van der Waals surface area contributed by atoms with Gasteiger partial charge in [-0.2, -0.15) is 13.2 Å². The van der Waals surface area contributed by atoms with Crippen LogP contribution in [-0.4, -0.2) is 108 Å². The van der Waals surface area contributed by atoms with Crippen LogP contribution in [0.5, 0.6) is 11.5 Å². The van der Waals surface area contributed by atoms with Crippen molar-refractivity contribution < 1.29 is 93.2 Å². The standard InChI is InChI=1S/C20H29F3O7S.C18H13S.C14H20O3.C13H18O5.C11H22O2/c1-4-17(2,3)15(24)30-19-8-12-5-13(9-19)7-18(6-12,11-19)16(25)29-14(20(21,22)23)10-31(26,27)28;1-2-8-14(9-3-1)19-17-12-6-4-10-15(17)16-11-5-7-13-18(16)19;1-6-14(4,5)13(16)17-11-7-9(2)12(15)10(3)8-11;1-4-13(2,3)12(15)18-9-7-5-6-8(16-7)10(9)17-11(6)14;1-7-10(3,4)9(12)13-11(5,6)8-2/h12-14H,4-11H2,1-3H3,(H,26,27,28);1-13H;7-8,15H,6H2,1-5H3;6-10H,4-5H2,1-3H3;7-8H2,1-6H3/q;+1;;;/p-1. The van der Waals surface area contributed by atoms with Gasteiger partial charge in [-0.15, -0.1) is 0 Å². The Morgan fingerprint density at radius 2 is 1.13 bits per heavy atom. The summed E-state index contributed by atoms with van der Waals surface area (Å²) in [6, 6.07) is 31.7. The molecule has 3 saturated heterocycles. The van der Waals surface area contributed by atoms with Crippen molar-refractivity contribution >= 4 is 76.6 Å². The number of carbonyl (C=O) groups is 6. The highest BCUT2D eigenvalue weighted by molar-refractivity contribution is 7.85. The molecule has 540 valence electrons. The Morgan fingerprint density at radius 3 is 1.62 bits per heavy atom. The van der Waals surface area contributed by atoms with Crippen LogP contribution in [0.15, 0.2) is 91.0 Å². The summed E-state index contributed by atoms with van der Waals surface area (Å²) in [6.45, 7) is 32.0. The van der Waals surface area contributed by atoms with Crippen LogP contribution in [0.4, 0.5) is 13.2 Å². The van der Waals surface area contributed by atoms with E-state index in [1.54, 1.807) is 39.8 Å². The average Bonchev–Trinajstić information content (AvgIpc) is 0.996. The molecule has 1 N–H and O–H groups in total. The second-order valence-corrected chi connectivity index (χ2v) is 34.0. The van der Waals surface area contributed by atoms with Gasteiger partial charge in [0, 0.05) is 27.7 Å². The van der Waals surface area contributed by atoms with E-state index < -0.39 is 79.6 Å². The Labute approximate surface area is 578 Å². The highest BCUT2D eigenvalue weighted by Gasteiger charge is 2.66. The van der Waals surface area contributed by atoms with Gasteiger partial charge >= 0.3 is 42.0 Å². The number of thiophene rings is 1. The number of esters is 6.